The van der Waals surface area contributed by atoms with E-state index < -0.39 is 9.84 Å². The molecule has 1 heterocycles. The predicted octanol–water partition coefficient (Wildman–Crippen LogP) is 2.33. The minimum atomic E-state index is -3.23. The van der Waals surface area contributed by atoms with Gasteiger partial charge in [0.15, 0.2) is 15.8 Å². The molecule has 0 atom stereocenters. The smallest absolute Gasteiger partial charge is 0.190 e. The Kier molecular flexibility index (Phi) is 7.59. The van der Waals surface area contributed by atoms with E-state index in [1.807, 2.05) is 13.0 Å². The van der Waals surface area contributed by atoms with Gasteiger partial charge in [0.25, 0.3) is 0 Å². The second-order valence-electron chi connectivity index (χ2n) is 5.91. The molecule has 0 aliphatic carbocycles. The highest BCUT2D eigenvalue weighted by Gasteiger charge is 2.13. The average Bonchev–Trinajstić information content (AvgIpc) is 2.95. The minimum absolute atomic E-state index is 0.110. The number of aliphatic imine (C=N–C) groups is 1. The number of thiazole rings is 1. The van der Waals surface area contributed by atoms with Gasteiger partial charge in [0.2, 0.25) is 0 Å². The van der Waals surface area contributed by atoms with E-state index in [4.69, 9.17) is 0 Å². The molecule has 6 nitrogen and oxygen atoms in total. The van der Waals surface area contributed by atoms with Crippen LogP contribution in [0, 0.1) is 13.8 Å². The van der Waals surface area contributed by atoms with Gasteiger partial charge in [-0.1, -0.05) is 18.2 Å². The second kappa shape index (κ2) is 9.68. The number of hydrogen-bond donors (Lipinski definition) is 2. The fourth-order valence-corrected chi connectivity index (χ4v) is 4.63. The Hall–Kier alpha value is -1.93. The maximum Gasteiger partial charge on any atom is 0.190 e. The summed E-state index contributed by atoms with van der Waals surface area (Å²) in [5, 5.41) is 7.49. The largest absolute Gasteiger partial charge is 0.356 e. The molecule has 0 spiro atoms. The lowest BCUT2D eigenvalue weighted by molar-refractivity contribution is 0.592. The first-order valence-corrected chi connectivity index (χ1v) is 11.0. The normalized spacial score (nSPS) is 12.2. The number of aromatic nitrogens is 1. The molecule has 0 saturated carbocycles. The number of sulfone groups is 1. The van der Waals surface area contributed by atoms with Gasteiger partial charge in [0.1, 0.15) is 0 Å². The average molecular weight is 395 g/mol. The number of guanidine groups is 1. The lowest BCUT2D eigenvalue weighted by Gasteiger charge is -2.11. The van der Waals surface area contributed by atoms with Gasteiger partial charge in [-0.3, -0.25) is 4.99 Å². The van der Waals surface area contributed by atoms with Crippen molar-refractivity contribution in [3.05, 3.63) is 45.9 Å². The zero-order valence-corrected chi connectivity index (χ0v) is 17.1. The topological polar surface area (TPSA) is 83.5 Å². The van der Waals surface area contributed by atoms with E-state index in [1.165, 1.54) is 4.88 Å². The minimum Gasteiger partial charge on any atom is -0.356 e. The van der Waals surface area contributed by atoms with Crippen molar-refractivity contribution < 1.29 is 8.42 Å². The van der Waals surface area contributed by atoms with Crippen LogP contribution >= 0.6 is 11.3 Å². The summed E-state index contributed by atoms with van der Waals surface area (Å²) < 4.78 is 24.5. The molecule has 0 bridgehead atoms. The quantitative estimate of drug-likeness (QED) is 0.408. The van der Waals surface area contributed by atoms with Crippen LogP contribution in [0.3, 0.4) is 0 Å². The third-order valence-electron chi connectivity index (χ3n) is 3.91. The SMILES string of the molecule is CN=C(NCCCS(=O)(=O)c1ccccc1)NCCc1nc(C)c(C)s1. The van der Waals surface area contributed by atoms with Crippen molar-refractivity contribution in [2.45, 2.75) is 31.6 Å². The van der Waals surface area contributed by atoms with Gasteiger partial charge >= 0.3 is 0 Å². The molecule has 0 radical (unpaired) electrons. The second-order valence-corrected chi connectivity index (χ2v) is 9.31. The van der Waals surface area contributed by atoms with Crippen LogP contribution in [-0.4, -0.2) is 45.3 Å². The van der Waals surface area contributed by atoms with Gasteiger partial charge in [0.05, 0.1) is 21.3 Å². The Morgan fingerprint density at radius 2 is 1.85 bits per heavy atom. The molecule has 1 aromatic carbocycles. The van der Waals surface area contributed by atoms with Gasteiger partial charge in [-0.25, -0.2) is 13.4 Å². The van der Waals surface area contributed by atoms with Crippen LogP contribution in [0.25, 0.3) is 0 Å². The number of benzene rings is 1. The van der Waals surface area contributed by atoms with Crippen molar-refractivity contribution in [2.75, 3.05) is 25.9 Å². The Balaban J connectivity index is 1.70. The van der Waals surface area contributed by atoms with Gasteiger partial charge < -0.3 is 10.6 Å². The molecule has 0 fully saturated rings. The standard InChI is InChI=1S/C18H26N4O2S2/c1-14-15(2)25-17(22-14)10-12-21-18(19-3)20-11-7-13-26(23,24)16-8-5-4-6-9-16/h4-6,8-9H,7,10-13H2,1-3H3,(H2,19,20,21). The first-order valence-electron chi connectivity index (χ1n) is 8.57. The molecule has 0 amide bonds. The van der Waals surface area contributed by atoms with Crippen LogP contribution in [0.1, 0.15) is 22.0 Å². The van der Waals surface area contributed by atoms with E-state index in [2.05, 4.69) is 27.5 Å². The summed E-state index contributed by atoms with van der Waals surface area (Å²) in [5.41, 5.74) is 1.09. The van der Waals surface area contributed by atoms with Crippen LogP contribution < -0.4 is 10.6 Å². The fourth-order valence-electron chi connectivity index (χ4n) is 2.37. The summed E-state index contributed by atoms with van der Waals surface area (Å²) >= 11 is 1.72. The van der Waals surface area contributed by atoms with E-state index in [-0.39, 0.29) is 5.75 Å². The van der Waals surface area contributed by atoms with Gasteiger partial charge in [-0.15, -0.1) is 11.3 Å². The van der Waals surface area contributed by atoms with Crippen molar-refractivity contribution in [1.82, 2.24) is 15.6 Å². The van der Waals surface area contributed by atoms with Crippen LogP contribution in [0.5, 0.6) is 0 Å². The van der Waals surface area contributed by atoms with Crippen molar-refractivity contribution in [3.63, 3.8) is 0 Å². The third kappa shape index (κ3) is 6.10. The molecule has 0 aliphatic rings. The van der Waals surface area contributed by atoms with Gasteiger partial charge in [0, 0.05) is 31.4 Å². The first-order chi connectivity index (χ1) is 12.4. The van der Waals surface area contributed by atoms with E-state index in [1.54, 1.807) is 42.6 Å². The van der Waals surface area contributed by atoms with E-state index in [0.717, 1.165) is 23.7 Å². The van der Waals surface area contributed by atoms with Crippen molar-refractivity contribution >= 4 is 27.1 Å². The third-order valence-corrected chi connectivity index (χ3v) is 6.86. The van der Waals surface area contributed by atoms with Crippen LogP contribution in [0.4, 0.5) is 0 Å². The summed E-state index contributed by atoms with van der Waals surface area (Å²) in [5.74, 6) is 0.783. The number of aryl methyl sites for hydroxylation is 2. The van der Waals surface area contributed by atoms with Crippen molar-refractivity contribution in [2.24, 2.45) is 4.99 Å². The molecule has 2 rings (SSSR count). The summed E-state index contributed by atoms with van der Waals surface area (Å²) in [6, 6.07) is 8.55. The molecule has 2 N–H and O–H groups in total. The zero-order chi connectivity index (χ0) is 19.0. The Bertz CT molecular complexity index is 811. The summed E-state index contributed by atoms with van der Waals surface area (Å²) in [6.07, 6.45) is 1.35. The van der Waals surface area contributed by atoms with Gasteiger partial charge in [-0.2, -0.15) is 0 Å². The highest BCUT2D eigenvalue weighted by Crippen LogP contribution is 2.16. The Morgan fingerprint density at radius 3 is 2.46 bits per heavy atom. The molecular formula is C18H26N4O2S2. The Morgan fingerprint density at radius 1 is 1.15 bits per heavy atom. The van der Waals surface area contributed by atoms with Crippen LogP contribution in [-0.2, 0) is 16.3 Å². The Labute approximate surface area is 159 Å². The molecule has 26 heavy (non-hydrogen) atoms. The molecule has 2 aromatic rings. The summed E-state index contributed by atoms with van der Waals surface area (Å²) in [6.45, 7) is 5.37. The number of nitrogens with one attached hydrogen (secondary N) is 2. The van der Waals surface area contributed by atoms with E-state index >= 15 is 0 Å². The highest BCUT2D eigenvalue weighted by atomic mass is 32.2. The lowest BCUT2D eigenvalue weighted by Crippen LogP contribution is -2.39. The highest BCUT2D eigenvalue weighted by molar-refractivity contribution is 7.91. The molecule has 0 saturated heterocycles. The zero-order valence-electron chi connectivity index (χ0n) is 15.4. The molecule has 1 aromatic heterocycles. The molecule has 0 unspecified atom stereocenters. The van der Waals surface area contributed by atoms with E-state index in [9.17, 15) is 8.42 Å². The maximum atomic E-state index is 12.2. The molecular weight excluding hydrogens is 368 g/mol. The summed E-state index contributed by atoms with van der Waals surface area (Å²) in [4.78, 5) is 10.3. The molecule has 142 valence electrons. The lowest BCUT2D eigenvalue weighted by atomic mass is 10.4. The van der Waals surface area contributed by atoms with Crippen molar-refractivity contribution in [3.8, 4) is 0 Å². The number of nitrogens with zero attached hydrogens (tertiary/aromatic N) is 2. The molecule has 0 aliphatic heterocycles. The van der Waals surface area contributed by atoms with E-state index in [0.29, 0.717) is 23.8 Å². The predicted molar refractivity (Wildman–Crippen MR) is 108 cm³/mol. The van der Waals surface area contributed by atoms with Gasteiger partial charge in [-0.05, 0) is 32.4 Å². The fraction of sp³-hybridized carbons (Fsp3) is 0.444. The maximum absolute atomic E-state index is 12.2. The van der Waals surface area contributed by atoms with Crippen LogP contribution in [0.2, 0.25) is 0 Å². The molecule has 8 heteroatoms. The first kappa shape index (κ1) is 20.4. The number of hydrogen-bond acceptors (Lipinski definition) is 5. The number of rotatable bonds is 8. The monoisotopic (exact) mass is 394 g/mol. The van der Waals surface area contributed by atoms with Crippen LogP contribution in [0.15, 0.2) is 40.2 Å². The summed E-state index contributed by atoms with van der Waals surface area (Å²) in [7, 11) is -1.52. The van der Waals surface area contributed by atoms with Crippen molar-refractivity contribution in [1.29, 1.82) is 0 Å².